The lowest BCUT2D eigenvalue weighted by Gasteiger charge is -2.08. The normalized spacial score (nSPS) is 10.4. The Morgan fingerprint density at radius 2 is 0.938 bits per heavy atom. The second kappa shape index (κ2) is 4.03. The summed E-state index contributed by atoms with van der Waals surface area (Å²) in [7, 11) is 0. The van der Waals surface area contributed by atoms with Crippen LogP contribution in [0.1, 0.15) is 34.6 Å². The lowest BCUT2D eigenvalue weighted by molar-refractivity contribution is 0.0971. The van der Waals surface area contributed by atoms with Crippen molar-refractivity contribution < 1.29 is 27.2 Å². The SMILES string of the molecule is CC(=O)c1c(F)c(F)c(F)c(F)c1C(C)=O. The highest BCUT2D eigenvalue weighted by Crippen LogP contribution is 2.25. The van der Waals surface area contributed by atoms with Crippen LogP contribution < -0.4 is 0 Å². The van der Waals surface area contributed by atoms with Gasteiger partial charge in [0, 0.05) is 0 Å². The molecule has 0 aliphatic carbocycles. The molecule has 0 heterocycles. The number of hydrogen-bond acceptors (Lipinski definition) is 2. The van der Waals surface area contributed by atoms with Gasteiger partial charge in [-0.3, -0.25) is 9.59 Å². The van der Waals surface area contributed by atoms with Gasteiger partial charge in [-0.05, 0) is 13.8 Å². The van der Waals surface area contributed by atoms with Gasteiger partial charge in [-0.25, -0.2) is 17.6 Å². The zero-order valence-corrected chi connectivity index (χ0v) is 8.33. The fourth-order valence-electron chi connectivity index (χ4n) is 1.29. The molecule has 0 amide bonds. The van der Waals surface area contributed by atoms with Gasteiger partial charge in [-0.15, -0.1) is 0 Å². The van der Waals surface area contributed by atoms with Crippen LogP contribution >= 0.6 is 0 Å². The van der Waals surface area contributed by atoms with E-state index in [1.54, 1.807) is 0 Å². The van der Waals surface area contributed by atoms with E-state index >= 15 is 0 Å². The van der Waals surface area contributed by atoms with Crippen molar-refractivity contribution in [2.45, 2.75) is 13.8 Å². The number of rotatable bonds is 2. The third-order valence-corrected chi connectivity index (χ3v) is 1.97. The summed E-state index contributed by atoms with van der Waals surface area (Å²) in [5, 5.41) is 0. The number of carbonyl (C=O) groups excluding carboxylic acids is 2. The number of Topliss-reactive ketones (excluding diaryl/α,β-unsaturated/α-hetero) is 2. The highest BCUT2D eigenvalue weighted by molar-refractivity contribution is 6.07. The third kappa shape index (κ3) is 1.70. The summed E-state index contributed by atoms with van der Waals surface area (Å²) < 4.78 is 51.9. The van der Waals surface area contributed by atoms with Crippen molar-refractivity contribution in [1.29, 1.82) is 0 Å². The van der Waals surface area contributed by atoms with E-state index in [0.29, 0.717) is 0 Å². The van der Waals surface area contributed by atoms with Gasteiger partial charge in [0.05, 0.1) is 11.1 Å². The van der Waals surface area contributed by atoms with Crippen LogP contribution in [0.5, 0.6) is 0 Å². The van der Waals surface area contributed by atoms with E-state index in [0.717, 1.165) is 13.8 Å². The first kappa shape index (κ1) is 12.4. The van der Waals surface area contributed by atoms with Crippen LogP contribution in [0.2, 0.25) is 0 Å². The van der Waals surface area contributed by atoms with E-state index in [4.69, 9.17) is 0 Å². The Morgan fingerprint density at radius 1 is 0.688 bits per heavy atom. The van der Waals surface area contributed by atoms with Crippen LogP contribution in [0, 0.1) is 23.3 Å². The van der Waals surface area contributed by atoms with Gasteiger partial charge in [0.2, 0.25) is 0 Å². The zero-order chi connectivity index (χ0) is 12.6. The molecule has 0 atom stereocenters. The van der Waals surface area contributed by atoms with Crippen molar-refractivity contribution in [3.8, 4) is 0 Å². The molecule has 0 aliphatic heterocycles. The van der Waals surface area contributed by atoms with Crippen LogP contribution in [0.15, 0.2) is 0 Å². The zero-order valence-electron chi connectivity index (χ0n) is 8.33. The molecular weight excluding hydrogens is 228 g/mol. The first-order chi connectivity index (χ1) is 7.29. The molecule has 0 saturated carbocycles. The fourth-order valence-corrected chi connectivity index (χ4v) is 1.29. The molecule has 1 aromatic carbocycles. The minimum atomic E-state index is -2.10. The second-order valence-electron chi connectivity index (χ2n) is 3.12. The molecule has 2 nitrogen and oxygen atoms in total. The monoisotopic (exact) mass is 234 g/mol. The largest absolute Gasteiger partial charge is 0.294 e. The van der Waals surface area contributed by atoms with Crippen molar-refractivity contribution in [3.63, 3.8) is 0 Å². The minimum Gasteiger partial charge on any atom is -0.294 e. The van der Waals surface area contributed by atoms with Crippen molar-refractivity contribution in [3.05, 3.63) is 34.4 Å². The quantitative estimate of drug-likeness (QED) is 0.341. The molecule has 86 valence electrons. The predicted molar refractivity (Wildman–Crippen MR) is 46.3 cm³/mol. The summed E-state index contributed by atoms with van der Waals surface area (Å²) in [6, 6.07) is 0. The molecule has 0 aromatic heterocycles. The average molecular weight is 234 g/mol. The van der Waals surface area contributed by atoms with Crippen LogP contribution in [-0.2, 0) is 0 Å². The number of hydrogen-bond donors (Lipinski definition) is 0. The number of carbonyl (C=O) groups is 2. The minimum absolute atomic E-state index is 0.821. The third-order valence-electron chi connectivity index (χ3n) is 1.97. The maximum atomic E-state index is 13.2. The van der Waals surface area contributed by atoms with Crippen molar-refractivity contribution in [2.75, 3.05) is 0 Å². The van der Waals surface area contributed by atoms with Crippen molar-refractivity contribution in [1.82, 2.24) is 0 Å². The van der Waals surface area contributed by atoms with E-state index in [1.807, 2.05) is 0 Å². The summed E-state index contributed by atoms with van der Waals surface area (Å²) in [6.45, 7) is 1.64. The van der Waals surface area contributed by atoms with Gasteiger partial charge in [0.1, 0.15) is 0 Å². The molecule has 0 fully saturated rings. The number of halogens is 4. The first-order valence-electron chi connectivity index (χ1n) is 4.16. The van der Waals surface area contributed by atoms with E-state index in [-0.39, 0.29) is 0 Å². The molecule has 0 saturated heterocycles. The van der Waals surface area contributed by atoms with Gasteiger partial charge in [0.25, 0.3) is 0 Å². The highest BCUT2D eigenvalue weighted by atomic mass is 19.2. The number of ketones is 2. The van der Waals surface area contributed by atoms with Gasteiger partial charge >= 0.3 is 0 Å². The van der Waals surface area contributed by atoms with Gasteiger partial charge in [-0.1, -0.05) is 0 Å². The Bertz CT molecular complexity index is 449. The van der Waals surface area contributed by atoms with Crippen LogP contribution in [0.25, 0.3) is 0 Å². The Morgan fingerprint density at radius 3 is 1.12 bits per heavy atom. The Labute approximate surface area is 87.9 Å². The number of benzene rings is 1. The van der Waals surface area contributed by atoms with E-state index in [9.17, 15) is 27.2 Å². The second-order valence-corrected chi connectivity index (χ2v) is 3.12. The maximum Gasteiger partial charge on any atom is 0.198 e. The molecule has 16 heavy (non-hydrogen) atoms. The van der Waals surface area contributed by atoms with Crippen LogP contribution in [0.4, 0.5) is 17.6 Å². The molecule has 0 aliphatic rings. The maximum absolute atomic E-state index is 13.2. The molecular formula is C10H6F4O2. The van der Waals surface area contributed by atoms with Crippen LogP contribution in [0.3, 0.4) is 0 Å². The van der Waals surface area contributed by atoms with E-state index in [1.165, 1.54) is 0 Å². The fraction of sp³-hybridized carbons (Fsp3) is 0.200. The topological polar surface area (TPSA) is 34.1 Å². The molecule has 0 unspecified atom stereocenters. The van der Waals surface area contributed by atoms with E-state index in [2.05, 4.69) is 0 Å². The summed E-state index contributed by atoms with van der Waals surface area (Å²) in [5.41, 5.74) is -2.13. The molecule has 0 radical (unpaired) electrons. The summed E-state index contributed by atoms with van der Waals surface area (Å²) in [5.74, 6) is -10.0. The predicted octanol–water partition coefficient (Wildman–Crippen LogP) is 2.65. The lowest BCUT2D eigenvalue weighted by Crippen LogP contribution is -2.14. The standard InChI is InChI=1S/C10H6F4O2/c1-3(15)5-6(4(2)16)8(12)10(14)9(13)7(5)11/h1-2H3. The first-order valence-corrected chi connectivity index (χ1v) is 4.16. The lowest BCUT2D eigenvalue weighted by atomic mass is 9.99. The van der Waals surface area contributed by atoms with E-state index < -0.39 is 46.0 Å². The Balaban J connectivity index is 3.83. The van der Waals surface area contributed by atoms with Gasteiger partial charge < -0.3 is 0 Å². The summed E-state index contributed by atoms with van der Waals surface area (Å²) in [4.78, 5) is 21.9. The molecule has 0 bridgehead atoms. The van der Waals surface area contributed by atoms with Gasteiger partial charge in [-0.2, -0.15) is 0 Å². The summed E-state index contributed by atoms with van der Waals surface area (Å²) >= 11 is 0. The van der Waals surface area contributed by atoms with Crippen LogP contribution in [-0.4, -0.2) is 11.6 Å². The molecule has 0 spiro atoms. The molecule has 0 N–H and O–H groups in total. The van der Waals surface area contributed by atoms with Gasteiger partial charge in [0.15, 0.2) is 34.8 Å². The molecule has 6 heteroatoms. The Kier molecular flexibility index (Phi) is 3.11. The Hall–Kier alpha value is -1.72. The highest BCUT2D eigenvalue weighted by Gasteiger charge is 2.29. The smallest absolute Gasteiger partial charge is 0.198 e. The molecule has 1 aromatic rings. The van der Waals surface area contributed by atoms with Crippen molar-refractivity contribution in [2.24, 2.45) is 0 Å². The average Bonchev–Trinajstić information content (AvgIpc) is 2.18. The van der Waals surface area contributed by atoms with Crippen molar-refractivity contribution >= 4 is 11.6 Å². The molecule has 1 rings (SSSR count). The summed E-state index contributed by atoms with van der Waals surface area (Å²) in [6.07, 6.45) is 0.